The van der Waals surface area contributed by atoms with Gasteiger partial charge in [-0.15, -0.1) is 0 Å². The number of benzene rings is 1. The molecule has 1 aromatic rings. The minimum absolute atomic E-state index is 0.549. The number of methoxy groups -OCH3 is 2. The minimum atomic E-state index is -1.11. The molecule has 3 N–H and O–H groups in total. The molecule has 0 spiro atoms. The lowest BCUT2D eigenvalue weighted by Crippen LogP contribution is -2.32. The summed E-state index contributed by atoms with van der Waals surface area (Å²) in [6.45, 7) is 0. The van der Waals surface area contributed by atoms with E-state index in [0.717, 1.165) is 0 Å². The zero-order chi connectivity index (χ0) is 13.5. The van der Waals surface area contributed by atoms with Crippen LogP contribution in [0.4, 0.5) is 0 Å². The van der Waals surface area contributed by atoms with Crippen LogP contribution >= 0.6 is 0 Å². The Morgan fingerprint density at radius 1 is 1.33 bits per heavy atom. The van der Waals surface area contributed by atoms with Crippen LogP contribution in [0.2, 0.25) is 0 Å². The van der Waals surface area contributed by atoms with Crippen LogP contribution in [-0.4, -0.2) is 32.2 Å². The highest BCUT2D eigenvalue weighted by atomic mass is 16.5. The number of amides is 2. The summed E-state index contributed by atoms with van der Waals surface area (Å²) in [5, 5.41) is 3.59. The maximum absolute atomic E-state index is 10.9. The van der Waals surface area contributed by atoms with E-state index in [1.54, 1.807) is 18.2 Å². The van der Waals surface area contributed by atoms with E-state index in [9.17, 15) is 9.59 Å². The first-order chi connectivity index (χ1) is 8.58. The Morgan fingerprint density at radius 2 is 2.06 bits per heavy atom. The van der Waals surface area contributed by atoms with Gasteiger partial charge in [0.1, 0.15) is 11.5 Å². The standard InChI is InChI=1S/C11H13N3O4/c1-17-8-3-4-9(18-2)7(5-8)6-13-14-11(16)10(12)15/h3-6H,1-2H3,(H2,12,15)(H,14,16)/b13-6-. The third-order valence-corrected chi connectivity index (χ3v) is 2.03. The molecule has 0 aliphatic heterocycles. The van der Waals surface area contributed by atoms with E-state index in [1.165, 1.54) is 20.4 Å². The van der Waals surface area contributed by atoms with E-state index >= 15 is 0 Å². The highest BCUT2D eigenvalue weighted by molar-refractivity contribution is 6.34. The van der Waals surface area contributed by atoms with Gasteiger partial charge in [-0.05, 0) is 18.2 Å². The monoisotopic (exact) mass is 251 g/mol. The van der Waals surface area contributed by atoms with Crippen LogP contribution in [0.15, 0.2) is 23.3 Å². The zero-order valence-corrected chi connectivity index (χ0v) is 9.97. The molecule has 0 aliphatic carbocycles. The van der Waals surface area contributed by atoms with E-state index < -0.39 is 11.8 Å². The van der Waals surface area contributed by atoms with Crippen LogP contribution < -0.4 is 20.6 Å². The predicted molar refractivity (Wildman–Crippen MR) is 64.5 cm³/mol. The van der Waals surface area contributed by atoms with Gasteiger partial charge in [-0.2, -0.15) is 5.10 Å². The second-order valence-electron chi connectivity index (χ2n) is 3.17. The Balaban J connectivity index is 2.84. The van der Waals surface area contributed by atoms with E-state index in [4.69, 9.17) is 15.2 Å². The lowest BCUT2D eigenvalue weighted by Gasteiger charge is -2.06. The molecule has 1 rings (SSSR count). The van der Waals surface area contributed by atoms with Gasteiger partial charge >= 0.3 is 11.8 Å². The van der Waals surface area contributed by atoms with Crippen molar-refractivity contribution in [1.29, 1.82) is 0 Å². The predicted octanol–water partition coefficient (Wildman–Crippen LogP) is -0.361. The summed E-state index contributed by atoms with van der Waals surface area (Å²) in [5.74, 6) is -0.941. The number of hydrogen-bond acceptors (Lipinski definition) is 5. The van der Waals surface area contributed by atoms with Gasteiger partial charge in [0.2, 0.25) is 0 Å². The summed E-state index contributed by atoms with van der Waals surface area (Å²) in [5.41, 5.74) is 7.31. The highest BCUT2D eigenvalue weighted by Crippen LogP contribution is 2.22. The van der Waals surface area contributed by atoms with E-state index in [1.807, 2.05) is 5.43 Å². The van der Waals surface area contributed by atoms with Crippen molar-refractivity contribution in [2.24, 2.45) is 10.8 Å². The van der Waals surface area contributed by atoms with Crippen molar-refractivity contribution in [3.8, 4) is 11.5 Å². The first kappa shape index (κ1) is 13.5. The normalized spacial score (nSPS) is 10.1. The van der Waals surface area contributed by atoms with Crippen LogP contribution in [0, 0.1) is 0 Å². The van der Waals surface area contributed by atoms with Crippen LogP contribution in [0.5, 0.6) is 11.5 Å². The van der Waals surface area contributed by atoms with Gasteiger partial charge in [-0.25, -0.2) is 5.43 Å². The Kier molecular flexibility index (Phi) is 4.67. The number of nitrogens with zero attached hydrogens (tertiary/aromatic N) is 1. The van der Waals surface area contributed by atoms with Crippen molar-refractivity contribution in [2.75, 3.05) is 14.2 Å². The summed E-state index contributed by atoms with van der Waals surface area (Å²) in [7, 11) is 3.03. The smallest absolute Gasteiger partial charge is 0.329 e. The molecule has 0 aromatic heterocycles. The SMILES string of the molecule is COc1ccc(OC)c(/C=N\NC(=O)C(N)=O)c1. The number of ether oxygens (including phenoxy) is 2. The largest absolute Gasteiger partial charge is 0.497 e. The number of nitrogens with two attached hydrogens (primary N) is 1. The highest BCUT2D eigenvalue weighted by Gasteiger charge is 2.06. The summed E-state index contributed by atoms with van der Waals surface area (Å²) in [6.07, 6.45) is 1.32. The molecule has 2 amide bonds. The summed E-state index contributed by atoms with van der Waals surface area (Å²) in [6, 6.07) is 5.08. The van der Waals surface area contributed by atoms with Crippen molar-refractivity contribution in [1.82, 2.24) is 5.43 Å². The third-order valence-electron chi connectivity index (χ3n) is 2.03. The minimum Gasteiger partial charge on any atom is -0.497 e. The fourth-order valence-electron chi connectivity index (χ4n) is 1.16. The molecule has 7 nitrogen and oxygen atoms in total. The van der Waals surface area contributed by atoms with Gasteiger partial charge in [0.05, 0.1) is 20.4 Å². The maximum atomic E-state index is 10.9. The van der Waals surface area contributed by atoms with Crippen LogP contribution in [-0.2, 0) is 9.59 Å². The third kappa shape index (κ3) is 3.48. The molecule has 1 aromatic carbocycles. The van der Waals surface area contributed by atoms with Gasteiger partial charge in [0.25, 0.3) is 0 Å². The summed E-state index contributed by atoms with van der Waals surface area (Å²) >= 11 is 0. The molecule has 0 unspecified atom stereocenters. The topological polar surface area (TPSA) is 103 Å². The fourth-order valence-corrected chi connectivity index (χ4v) is 1.16. The van der Waals surface area contributed by atoms with Gasteiger partial charge < -0.3 is 15.2 Å². The van der Waals surface area contributed by atoms with E-state index in [0.29, 0.717) is 17.1 Å². The first-order valence-electron chi connectivity index (χ1n) is 4.93. The van der Waals surface area contributed by atoms with Crippen LogP contribution in [0.3, 0.4) is 0 Å². The number of carbonyl (C=O) groups is 2. The van der Waals surface area contributed by atoms with E-state index in [2.05, 4.69) is 5.10 Å². The van der Waals surface area contributed by atoms with E-state index in [-0.39, 0.29) is 0 Å². The molecule has 96 valence electrons. The molecule has 0 saturated heterocycles. The first-order valence-corrected chi connectivity index (χ1v) is 4.93. The molecule has 0 radical (unpaired) electrons. The van der Waals surface area contributed by atoms with Gasteiger partial charge in [-0.3, -0.25) is 9.59 Å². The van der Waals surface area contributed by atoms with Crippen molar-refractivity contribution >= 4 is 18.0 Å². The molecule has 7 heteroatoms. The Morgan fingerprint density at radius 3 is 2.61 bits per heavy atom. The lowest BCUT2D eigenvalue weighted by atomic mass is 10.2. The molecule has 0 fully saturated rings. The average molecular weight is 251 g/mol. The quantitative estimate of drug-likeness (QED) is 0.433. The van der Waals surface area contributed by atoms with Crippen molar-refractivity contribution < 1.29 is 19.1 Å². The molecular weight excluding hydrogens is 238 g/mol. The molecule has 0 aliphatic rings. The lowest BCUT2D eigenvalue weighted by molar-refractivity contribution is -0.137. The van der Waals surface area contributed by atoms with Crippen LogP contribution in [0.25, 0.3) is 0 Å². The summed E-state index contributed by atoms with van der Waals surface area (Å²) in [4.78, 5) is 21.3. The molecule has 0 atom stereocenters. The van der Waals surface area contributed by atoms with Gasteiger partial charge in [0.15, 0.2) is 0 Å². The average Bonchev–Trinajstić information content (AvgIpc) is 2.38. The second kappa shape index (κ2) is 6.24. The van der Waals surface area contributed by atoms with Crippen LogP contribution in [0.1, 0.15) is 5.56 Å². The van der Waals surface area contributed by atoms with Crippen molar-refractivity contribution in [3.05, 3.63) is 23.8 Å². The Bertz CT molecular complexity index is 485. The molecule has 0 saturated carbocycles. The fraction of sp³-hybridized carbons (Fsp3) is 0.182. The van der Waals surface area contributed by atoms with Gasteiger partial charge in [0, 0.05) is 5.56 Å². The maximum Gasteiger partial charge on any atom is 0.329 e. The number of primary amides is 1. The number of hydrazone groups is 1. The second-order valence-corrected chi connectivity index (χ2v) is 3.17. The molecule has 0 bridgehead atoms. The van der Waals surface area contributed by atoms with Crippen molar-refractivity contribution in [3.63, 3.8) is 0 Å². The molecule has 0 heterocycles. The molecular formula is C11H13N3O4. The Labute approximate surface area is 104 Å². The number of nitrogens with one attached hydrogen (secondary N) is 1. The summed E-state index contributed by atoms with van der Waals surface area (Å²) < 4.78 is 10.1. The molecule has 18 heavy (non-hydrogen) atoms. The van der Waals surface area contributed by atoms with Gasteiger partial charge in [-0.1, -0.05) is 0 Å². The number of hydrogen-bond donors (Lipinski definition) is 2. The number of carbonyl (C=O) groups excluding carboxylic acids is 2. The Hall–Kier alpha value is -2.57. The van der Waals surface area contributed by atoms with Crippen molar-refractivity contribution in [2.45, 2.75) is 0 Å². The zero-order valence-electron chi connectivity index (χ0n) is 9.97. The number of rotatable bonds is 4.